The maximum Gasteiger partial charge on any atom is 0.268 e. The van der Waals surface area contributed by atoms with Gasteiger partial charge in [0.1, 0.15) is 5.70 Å². The van der Waals surface area contributed by atoms with E-state index in [1.165, 1.54) is 6.92 Å². The van der Waals surface area contributed by atoms with Crippen LogP contribution in [0.3, 0.4) is 0 Å². The first kappa shape index (κ1) is 16.8. The van der Waals surface area contributed by atoms with Gasteiger partial charge in [-0.3, -0.25) is 9.59 Å². The van der Waals surface area contributed by atoms with E-state index in [2.05, 4.69) is 10.6 Å². The van der Waals surface area contributed by atoms with Crippen molar-refractivity contribution in [2.24, 2.45) is 0 Å². The molecule has 5 heteroatoms. The SMILES string of the molecule is CC(=O)NC(=Cc1ccccc1)C(=O)NCc1ccccc1Cl. The molecule has 118 valence electrons. The molecule has 0 aliphatic carbocycles. The molecule has 0 heterocycles. The van der Waals surface area contributed by atoms with Gasteiger partial charge in [0.2, 0.25) is 5.91 Å². The number of benzene rings is 2. The minimum absolute atomic E-state index is 0.191. The minimum atomic E-state index is -0.371. The number of carbonyl (C=O) groups excluding carboxylic acids is 2. The van der Waals surface area contributed by atoms with Gasteiger partial charge in [-0.1, -0.05) is 60.1 Å². The highest BCUT2D eigenvalue weighted by atomic mass is 35.5. The van der Waals surface area contributed by atoms with Crippen molar-refractivity contribution in [3.8, 4) is 0 Å². The predicted molar refractivity (Wildman–Crippen MR) is 91.5 cm³/mol. The summed E-state index contributed by atoms with van der Waals surface area (Å²) < 4.78 is 0. The Kier molecular flexibility index (Phi) is 5.94. The summed E-state index contributed by atoms with van der Waals surface area (Å²) in [6, 6.07) is 16.6. The molecule has 0 saturated carbocycles. The average Bonchev–Trinajstić information content (AvgIpc) is 2.54. The molecular formula is C18H17ClN2O2. The molecule has 0 radical (unpaired) electrons. The maximum absolute atomic E-state index is 12.3. The topological polar surface area (TPSA) is 58.2 Å². The van der Waals surface area contributed by atoms with E-state index in [9.17, 15) is 9.59 Å². The van der Waals surface area contributed by atoms with E-state index < -0.39 is 0 Å². The molecule has 0 atom stereocenters. The molecule has 0 bridgehead atoms. The van der Waals surface area contributed by atoms with Gasteiger partial charge in [-0.2, -0.15) is 0 Å². The van der Waals surface area contributed by atoms with Crippen molar-refractivity contribution in [1.82, 2.24) is 10.6 Å². The smallest absolute Gasteiger partial charge is 0.268 e. The van der Waals surface area contributed by atoms with E-state index in [1.807, 2.05) is 48.5 Å². The summed E-state index contributed by atoms with van der Waals surface area (Å²) in [4.78, 5) is 23.7. The van der Waals surface area contributed by atoms with Crippen molar-refractivity contribution in [1.29, 1.82) is 0 Å². The van der Waals surface area contributed by atoms with Gasteiger partial charge in [0.05, 0.1) is 0 Å². The minimum Gasteiger partial charge on any atom is -0.347 e. The lowest BCUT2D eigenvalue weighted by atomic mass is 10.2. The van der Waals surface area contributed by atoms with Crippen LogP contribution in [0.2, 0.25) is 5.02 Å². The summed E-state index contributed by atoms with van der Waals surface area (Å²) in [5.74, 6) is -0.677. The molecular weight excluding hydrogens is 312 g/mol. The highest BCUT2D eigenvalue weighted by molar-refractivity contribution is 6.31. The molecule has 0 fully saturated rings. The van der Waals surface area contributed by atoms with Crippen LogP contribution in [0.4, 0.5) is 0 Å². The summed E-state index contributed by atoms with van der Waals surface area (Å²) in [7, 11) is 0. The van der Waals surface area contributed by atoms with Crippen LogP contribution in [-0.2, 0) is 16.1 Å². The van der Waals surface area contributed by atoms with Crippen LogP contribution in [0, 0.1) is 0 Å². The third-order valence-corrected chi connectivity index (χ3v) is 3.43. The van der Waals surface area contributed by atoms with Gasteiger partial charge < -0.3 is 10.6 Å². The molecule has 23 heavy (non-hydrogen) atoms. The van der Waals surface area contributed by atoms with Crippen LogP contribution < -0.4 is 10.6 Å². The van der Waals surface area contributed by atoms with E-state index in [0.717, 1.165) is 11.1 Å². The quantitative estimate of drug-likeness (QED) is 0.828. The second kappa shape index (κ2) is 8.15. The summed E-state index contributed by atoms with van der Waals surface area (Å²) in [6.45, 7) is 1.64. The number of hydrogen-bond acceptors (Lipinski definition) is 2. The van der Waals surface area contributed by atoms with Gasteiger partial charge in [-0.25, -0.2) is 0 Å². The molecule has 0 aliphatic rings. The van der Waals surface area contributed by atoms with Gasteiger partial charge in [0, 0.05) is 18.5 Å². The molecule has 0 spiro atoms. The Labute approximate surface area is 140 Å². The lowest BCUT2D eigenvalue weighted by molar-refractivity contribution is -0.122. The summed E-state index contributed by atoms with van der Waals surface area (Å²) in [5.41, 5.74) is 1.82. The number of amides is 2. The first-order valence-electron chi connectivity index (χ1n) is 7.12. The normalized spacial score (nSPS) is 11.0. The van der Waals surface area contributed by atoms with Crippen LogP contribution >= 0.6 is 11.6 Å². The molecule has 0 aromatic heterocycles. The summed E-state index contributed by atoms with van der Waals surface area (Å²) in [5, 5.41) is 5.90. The predicted octanol–water partition coefficient (Wildman–Crippen LogP) is 3.13. The maximum atomic E-state index is 12.3. The largest absolute Gasteiger partial charge is 0.347 e. The average molecular weight is 329 g/mol. The van der Waals surface area contributed by atoms with Gasteiger partial charge in [0.25, 0.3) is 5.91 Å². The third kappa shape index (κ3) is 5.27. The zero-order valence-electron chi connectivity index (χ0n) is 12.7. The fourth-order valence-corrected chi connectivity index (χ4v) is 2.18. The van der Waals surface area contributed by atoms with E-state index in [4.69, 9.17) is 11.6 Å². The number of hydrogen-bond donors (Lipinski definition) is 2. The van der Waals surface area contributed by atoms with Crippen molar-refractivity contribution < 1.29 is 9.59 Å². The Morgan fingerprint density at radius 3 is 2.35 bits per heavy atom. The van der Waals surface area contributed by atoms with E-state index in [-0.39, 0.29) is 24.1 Å². The number of rotatable bonds is 5. The number of nitrogens with one attached hydrogen (secondary N) is 2. The Morgan fingerprint density at radius 2 is 1.70 bits per heavy atom. The van der Waals surface area contributed by atoms with Crippen molar-refractivity contribution in [3.63, 3.8) is 0 Å². The van der Waals surface area contributed by atoms with Gasteiger partial charge in [0.15, 0.2) is 0 Å². The van der Waals surface area contributed by atoms with E-state index in [0.29, 0.717) is 5.02 Å². The molecule has 2 amide bonds. The second-order valence-electron chi connectivity index (χ2n) is 4.92. The first-order chi connectivity index (χ1) is 11.1. The van der Waals surface area contributed by atoms with Gasteiger partial charge >= 0.3 is 0 Å². The van der Waals surface area contributed by atoms with Crippen molar-refractivity contribution in [2.45, 2.75) is 13.5 Å². The van der Waals surface area contributed by atoms with Crippen LogP contribution in [0.1, 0.15) is 18.1 Å². The number of carbonyl (C=O) groups is 2. The number of halogens is 1. The van der Waals surface area contributed by atoms with E-state index in [1.54, 1.807) is 12.1 Å². The lowest BCUT2D eigenvalue weighted by Crippen LogP contribution is -2.33. The fraction of sp³-hybridized carbons (Fsp3) is 0.111. The Bertz CT molecular complexity index is 727. The van der Waals surface area contributed by atoms with E-state index >= 15 is 0 Å². The van der Waals surface area contributed by atoms with Crippen molar-refractivity contribution in [2.75, 3.05) is 0 Å². The fourth-order valence-electron chi connectivity index (χ4n) is 1.98. The third-order valence-electron chi connectivity index (χ3n) is 3.06. The summed E-state index contributed by atoms with van der Waals surface area (Å²) in [6.07, 6.45) is 1.63. The molecule has 2 N–H and O–H groups in total. The lowest BCUT2D eigenvalue weighted by Gasteiger charge is -2.10. The Morgan fingerprint density at radius 1 is 1.04 bits per heavy atom. The second-order valence-corrected chi connectivity index (χ2v) is 5.33. The van der Waals surface area contributed by atoms with Crippen molar-refractivity contribution >= 4 is 29.5 Å². The summed E-state index contributed by atoms with van der Waals surface area (Å²) >= 11 is 6.07. The van der Waals surface area contributed by atoms with Crippen LogP contribution in [0.25, 0.3) is 6.08 Å². The van der Waals surface area contributed by atoms with Crippen LogP contribution in [-0.4, -0.2) is 11.8 Å². The monoisotopic (exact) mass is 328 g/mol. The molecule has 4 nitrogen and oxygen atoms in total. The highest BCUT2D eigenvalue weighted by Gasteiger charge is 2.11. The standard InChI is InChI=1S/C18H17ClN2O2/c1-13(22)21-17(11-14-7-3-2-4-8-14)18(23)20-12-15-9-5-6-10-16(15)19/h2-11H,12H2,1H3,(H,20,23)(H,21,22). The first-order valence-corrected chi connectivity index (χ1v) is 7.50. The zero-order valence-corrected chi connectivity index (χ0v) is 13.4. The van der Waals surface area contributed by atoms with Gasteiger partial charge in [-0.05, 0) is 23.3 Å². The molecule has 2 aromatic carbocycles. The highest BCUT2D eigenvalue weighted by Crippen LogP contribution is 2.14. The van der Waals surface area contributed by atoms with Crippen LogP contribution in [0.15, 0.2) is 60.3 Å². The Balaban J connectivity index is 2.12. The Hall–Kier alpha value is -2.59. The molecule has 0 unspecified atom stereocenters. The molecule has 2 rings (SSSR count). The van der Waals surface area contributed by atoms with Crippen molar-refractivity contribution in [3.05, 3.63) is 76.4 Å². The molecule has 0 aliphatic heterocycles. The van der Waals surface area contributed by atoms with Gasteiger partial charge in [-0.15, -0.1) is 0 Å². The zero-order chi connectivity index (χ0) is 16.7. The van der Waals surface area contributed by atoms with Crippen LogP contribution in [0.5, 0.6) is 0 Å². The molecule has 0 saturated heterocycles. The molecule has 2 aromatic rings.